The third-order valence-electron chi connectivity index (χ3n) is 3.63. The zero-order valence-electron chi connectivity index (χ0n) is 11.8. The van der Waals surface area contributed by atoms with Crippen LogP contribution in [0.1, 0.15) is 22.5 Å². The van der Waals surface area contributed by atoms with Crippen molar-refractivity contribution in [2.24, 2.45) is 0 Å². The van der Waals surface area contributed by atoms with Gasteiger partial charge in [0.25, 0.3) is 5.91 Å². The van der Waals surface area contributed by atoms with E-state index in [0.717, 1.165) is 37.7 Å². The van der Waals surface area contributed by atoms with Crippen LogP contribution in [0.5, 0.6) is 0 Å². The Morgan fingerprint density at radius 1 is 1.33 bits per heavy atom. The molecule has 0 aromatic carbocycles. The number of anilines is 2. The molecule has 1 aromatic heterocycles. The Balaban J connectivity index is 1.66. The summed E-state index contributed by atoms with van der Waals surface area (Å²) in [5.41, 5.74) is 5.90. The van der Waals surface area contributed by atoms with E-state index in [1.54, 1.807) is 0 Å². The average Bonchev–Trinajstić information content (AvgIpc) is 2.91. The average molecular weight is 312 g/mol. The SMILES string of the molecule is Nc1nc(N2CCOCC2)sc1C(=O)NC1CCCOC1. The molecule has 116 valence electrons. The number of rotatable bonds is 3. The van der Waals surface area contributed by atoms with Crippen LogP contribution >= 0.6 is 11.3 Å². The predicted octanol–water partition coefficient (Wildman–Crippen LogP) is 0.471. The van der Waals surface area contributed by atoms with Crippen molar-refractivity contribution >= 4 is 28.2 Å². The minimum atomic E-state index is -0.153. The summed E-state index contributed by atoms with van der Waals surface area (Å²) in [7, 11) is 0. The highest BCUT2D eigenvalue weighted by molar-refractivity contribution is 7.18. The summed E-state index contributed by atoms with van der Waals surface area (Å²) in [4.78, 5) is 19.2. The zero-order chi connectivity index (χ0) is 14.7. The fourth-order valence-electron chi connectivity index (χ4n) is 2.48. The lowest BCUT2D eigenvalue weighted by Gasteiger charge is -2.26. The molecule has 1 aromatic rings. The number of nitrogens with one attached hydrogen (secondary N) is 1. The Morgan fingerprint density at radius 2 is 2.14 bits per heavy atom. The molecule has 2 fully saturated rings. The van der Waals surface area contributed by atoms with Crippen LogP contribution in [-0.4, -0.2) is 56.5 Å². The molecular weight excluding hydrogens is 292 g/mol. The van der Waals surface area contributed by atoms with Crippen LogP contribution in [0, 0.1) is 0 Å². The number of carbonyl (C=O) groups is 1. The molecule has 0 aliphatic carbocycles. The van der Waals surface area contributed by atoms with Crippen molar-refractivity contribution in [2.45, 2.75) is 18.9 Å². The Hall–Kier alpha value is -1.38. The molecule has 3 rings (SSSR count). The van der Waals surface area contributed by atoms with Gasteiger partial charge in [0.1, 0.15) is 10.7 Å². The molecule has 2 aliphatic rings. The molecule has 0 saturated carbocycles. The van der Waals surface area contributed by atoms with Crippen molar-refractivity contribution in [3.8, 4) is 0 Å². The Labute approximate surface area is 127 Å². The standard InChI is InChI=1S/C13H20N4O3S/c14-11-10(12(18)15-9-2-1-5-20-8-9)21-13(16-11)17-3-6-19-7-4-17/h9H,1-8,14H2,(H,15,18). The maximum absolute atomic E-state index is 12.3. The Morgan fingerprint density at radius 3 is 2.86 bits per heavy atom. The van der Waals surface area contributed by atoms with Crippen LogP contribution in [0.4, 0.5) is 10.9 Å². The van der Waals surface area contributed by atoms with Gasteiger partial charge in [0.15, 0.2) is 5.13 Å². The van der Waals surface area contributed by atoms with Crippen LogP contribution in [0.15, 0.2) is 0 Å². The van der Waals surface area contributed by atoms with Crippen LogP contribution in [0.25, 0.3) is 0 Å². The first kappa shape index (κ1) is 14.6. The lowest BCUT2D eigenvalue weighted by Crippen LogP contribution is -2.40. The molecular formula is C13H20N4O3S. The fraction of sp³-hybridized carbons (Fsp3) is 0.692. The van der Waals surface area contributed by atoms with Crippen LogP contribution in [-0.2, 0) is 9.47 Å². The van der Waals surface area contributed by atoms with E-state index in [1.807, 2.05) is 0 Å². The first-order valence-corrected chi connectivity index (χ1v) is 8.03. The van der Waals surface area contributed by atoms with E-state index >= 15 is 0 Å². The normalized spacial score (nSPS) is 23.0. The summed E-state index contributed by atoms with van der Waals surface area (Å²) in [6, 6.07) is 0.0691. The predicted molar refractivity (Wildman–Crippen MR) is 80.9 cm³/mol. The molecule has 0 spiro atoms. The first-order chi connectivity index (χ1) is 10.2. The monoisotopic (exact) mass is 312 g/mol. The number of morpholine rings is 1. The van der Waals surface area contributed by atoms with E-state index in [2.05, 4.69) is 15.2 Å². The molecule has 2 aliphatic heterocycles. The van der Waals surface area contributed by atoms with Gasteiger partial charge in [0, 0.05) is 19.7 Å². The molecule has 8 heteroatoms. The number of aromatic nitrogens is 1. The van der Waals surface area contributed by atoms with Crippen molar-refractivity contribution in [3.63, 3.8) is 0 Å². The van der Waals surface area contributed by atoms with Crippen molar-refractivity contribution in [1.29, 1.82) is 0 Å². The Kier molecular flexibility index (Phi) is 4.57. The van der Waals surface area contributed by atoms with Gasteiger partial charge in [-0.05, 0) is 12.8 Å². The van der Waals surface area contributed by atoms with E-state index in [1.165, 1.54) is 11.3 Å². The molecule has 3 heterocycles. The van der Waals surface area contributed by atoms with Gasteiger partial charge in [-0.25, -0.2) is 4.98 Å². The maximum atomic E-state index is 12.3. The van der Waals surface area contributed by atoms with Gasteiger partial charge in [0.05, 0.1) is 25.9 Å². The molecule has 1 unspecified atom stereocenters. The summed E-state index contributed by atoms with van der Waals surface area (Å²) in [5, 5.41) is 3.77. The molecule has 1 amide bonds. The van der Waals surface area contributed by atoms with E-state index in [0.29, 0.717) is 30.5 Å². The lowest BCUT2D eigenvalue weighted by atomic mass is 10.1. The molecule has 7 nitrogen and oxygen atoms in total. The third kappa shape index (κ3) is 3.45. The highest BCUT2D eigenvalue weighted by Crippen LogP contribution is 2.28. The third-order valence-corrected chi connectivity index (χ3v) is 4.76. The second-order valence-electron chi connectivity index (χ2n) is 5.20. The number of thiazole rings is 1. The van der Waals surface area contributed by atoms with Crippen molar-refractivity contribution in [1.82, 2.24) is 10.3 Å². The summed E-state index contributed by atoms with van der Waals surface area (Å²) < 4.78 is 10.7. The van der Waals surface area contributed by atoms with E-state index in [4.69, 9.17) is 15.2 Å². The van der Waals surface area contributed by atoms with Gasteiger partial charge in [0.2, 0.25) is 0 Å². The molecule has 0 bridgehead atoms. The highest BCUT2D eigenvalue weighted by atomic mass is 32.1. The topological polar surface area (TPSA) is 89.7 Å². The number of hydrogen-bond acceptors (Lipinski definition) is 7. The minimum Gasteiger partial charge on any atom is -0.382 e. The largest absolute Gasteiger partial charge is 0.382 e. The van der Waals surface area contributed by atoms with Gasteiger partial charge >= 0.3 is 0 Å². The van der Waals surface area contributed by atoms with Crippen LogP contribution in [0.2, 0.25) is 0 Å². The van der Waals surface area contributed by atoms with Crippen molar-refractivity contribution < 1.29 is 14.3 Å². The summed E-state index contributed by atoms with van der Waals surface area (Å²) >= 11 is 1.34. The van der Waals surface area contributed by atoms with Crippen LogP contribution in [0.3, 0.4) is 0 Å². The second-order valence-corrected chi connectivity index (χ2v) is 6.18. The van der Waals surface area contributed by atoms with Crippen molar-refractivity contribution in [3.05, 3.63) is 4.88 Å². The van der Waals surface area contributed by atoms with Gasteiger partial charge in [-0.2, -0.15) is 0 Å². The van der Waals surface area contributed by atoms with Gasteiger partial charge in [-0.1, -0.05) is 11.3 Å². The summed E-state index contributed by atoms with van der Waals surface area (Å²) in [6.07, 6.45) is 1.92. The number of nitrogens with two attached hydrogens (primary N) is 1. The molecule has 21 heavy (non-hydrogen) atoms. The number of nitrogen functional groups attached to an aromatic ring is 1. The quantitative estimate of drug-likeness (QED) is 0.843. The van der Waals surface area contributed by atoms with Crippen LogP contribution < -0.4 is 16.0 Å². The maximum Gasteiger partial charge on any atom is 0.265 e. The number of ether oxygens (including phenoxy) is 2. The second kappa shape index (κ2) is 6.59. The van der Waals surface area contributed by atoms with Gasteiger partial charge < -0.3 is 25.4 Å². The number of amides is 1. The number of carbonyl (C=O) groups excluding carboxylic acids is 1. The van der Waals surface area contributed by atoms with Crippen molar-refractivity contribution in [2.75, 3.05) is 50.2 Å². The lowest BCUT2D eigenvalue weighted by molar-refractivity contribution is 0.0626. The molecule has 3 N–H and O–H groups in total. The first-order valence-electron chi connectivity index (χ1n) is 7.21. The summed E-state index contributed by atoms with van der Waals surface area (Å²) in [6.45, 7) is 4.27. The number of nitrogens with zero attached hydrogens (tertiary/aromatic N) is 2. The van der Waals surface area contributed by atoms with Gasteiger partial charge in [-0.15, -0.1) is 0 Å². The van der Waals surface area contributed by atoms with E-state index < -0.39 is 0 Å². The molecule has 2 saturated heterocycles. The Bertz CT molecular complexity index is 496. The molecule has 1 atom stereocenters. The van der Waals surface area contributed by atoms with E-state index in [9.17, 15) is 4.79 Å². The number of hydrogen-bond donors (Lipinski definition) is 2. The van der Waals surface area contributed by atoms with Gasteiger partial charge in [-0.3, -0.25) is 4.79 Å². The fourth-order valence-corrected chi connectivity index (χ4v) is 3.42. The summed E-state index contributed by atoms with van der Waals surface area (Å²) in [5.74, 6) is 0.149. The zero-order valence-corrected chi connectivity index (χ0v) is 12.7. The molecule has 0 radical (unpaired) electrons. The smallest absolute Gasteiger partial charge is 0.265 e. The minimum absolute atomic E-state index is 0.0691. The highest BCUT2D eigenvalue weighted by Gasteiger charge is 2.23. The van der Waals surface area contributed by atoms with E-state index in [-0.39, 0.29) is 11.9 Å².